The molecule has 3 rings (SSSR count). The Bertz CT molecular complexity index is 407. The topological polar surface area (TPSA) is 63.2 Å². The number of rotatable bonds is 0. The van der Waals surface area contributed by atoms with Crippen LogP contribution in [0.4, 0.5) is 11.5 Å². The zero-order valence-corrected chi connectivity index (χ0v) is 8.06. The fourth-order valence-corrected chi connectivity index (χ4v) is 1.98. The van der Waals surface area contributed by atoms with E-state index >= 15 is 0 Å². The van der Waals surface area contributed by atoms with Crippen molar-refractivity contribution in [2.24, 2.45) is 5.92 Å². The lowest BCUT2D eigenvalue weighted by molar-refractivity contribution is -0.119. The summed E-state index contributed by atoms with van der Waals surface area (Å²) in [5, 5.41) is 6.08. The average Bonchev–Trinajstić information content (AvgIpc) is 2.64. The van der Waals surface area contributed by atoms with Gasteiger partial charge in [-0.15, -0.1) is 0 Å². The Balaban J connectivity index is 2.00. The lowest BCUT2D eigenvalue weighted by Gasteiger charge is -2.13. The van der Waals surface area contributed by atoms with Gasteiger partial charge in [-0.1, -0.05) is 0 Å². The maximum atomic E-state index is 11.8. The van der Waals surface area contributed by atoms with Crippen LogP contribution < -0.4 is 10.6 Å². The maximum absolute atomic E-state index is 11.8. The van der Waals surface area contributed by atoms with Crippen LogP contribution in [0, 0.1) is 5.92 Å². The van der Waals surface area contributed by atoms with Gasteiger partial charge in [-0.25, -0.2) is 4.98 Å². The van der Waals surface area contributed by atoms with Crippen LogP contribution in [0.3, 0.4) is 0 Å². The Labute approximate surface area is 86.8 Å². The number of hydrogen-bond donors (Lipinski definition) is 2. The van der Waals surface area contributed by atoms with Crippen molar-refractivity contribution < 1.29 is 9.53 Å². The van der Waals surface area contributed by atoms with Gasteiger partial charge in [0.1, 0.15) is 5.82 Å². The highest BCUT2D eigenvalue weighted by Crippen LogP contribution is 2.28. The lowest BCUT2D eigenvalue weighted by atomic mass is 10.0. The summed E-state index contributed by atoms with van der Waals surface area (Å²) in [6.45, 7) is 1.05. The fraction of sp³-hybridized carbons (Fsp3) is 0.400. The van der Waals surface area contributed by atoms with Crippen LogP contribution in [-0.2, 0) is 9.53 Å². The minimum absolute atomic E-state index is 0.0109. The van der Waals surface area contributed by atoms with E-state index in [9.17, 15) is 4.79 Å². The lowest BCUT2D eigenvalue weighted by Crippen LogP contribution is -2.33. The van der Waals surface area contributed by atoms with Gasteiger partial charge in [-0.2, -0.15) is 0 Å². The van der Waals surface area contributed by atoms with Crippen molar-refractivity contribution >= 4 is 17.4 Å². The molecule has 2 atom stereocenters. The number of anilines is 2. The number of amides is 1. The molecule has 1 amide bonds. The van der Waals surface area contributed by atoms with Gasteiger partial charge in [0.05, 0.1) is 30.9 Å². The summed E-state index contributed by atoms with van der Waals surface area (Å²) in [7, 11) is 0. The van der Waals surface area contributed by atoms with Gasteiger partial charge in [-0.3, -0.25) is 4.79 Å². The molecule has 2 unspecified atom stereocenters. The quantitative estimate of drug-likeness (QED) is 0.646. The van der Waals surface area contributed by atoms with Crippen molar-refractivity contribution in [3.63, 3.8) is 0 Å². The van der Waals surface area contributed by atoms with E-state index in [4.69, 9.17) is 4.74 Å². The first-order valence-electron chi connectivity index (χ1n) is 4.95. The number of fused-ring (bicyclic) bond motifs is 2. The molecule has 1 saturated heterocycles. The highest BCUT2D eigenvalue weighted by Gasteiger charge is 2.37. The highest BCUT2D eigenvalue weighted by atomic mass is 16.5. The summed E-state index contributed by atoms with van der Waals surface area (Å²) in [6, 6.07) is 3.69. The first-order chi connectivity index (χ1) is 7.34. The number of pyridine rings is 1. The standard InChI is InChI=1S/C10H11N3O2/c14-10-6-4-15-5-8(6)12-9-7(13-10)2-1-3-11-9/h1-3,6,8H,4-5H2,(H,11,12)(H,13,14). The van der Waals surface area contributed by atoms with Gasteiger partial charge < -0.3 is 15.4 Å². The zero-order chi connectivity index (χ0) is 10.3. The molecule has 15 heavy (non-hydrogen) atoms. The smallest absolute Gasteiger partial charge is 0.232 e. The summed E-state index contributed by atoms with van der Waals surface area (Å²) in [5.74, 6) is 0.625. The highest BCUT2D eigenvalue weighted by molar-refractivity contribution is 5.97. The summed E-state index contributed by atoms with van der Waals surface area (Å²) in [6.07, 6.45) is 1.70. The van der Waals surface area contributed by atoms with Gasteiger partial charge >= 0.3 is 0 Å². The SMILES string of the molecule is O=C1Nc2cccnc2NC2COCC12. The van der Waals surface area contributed by atoms with Crippen LogP contribution in [0.25, 0.3) is 0 Å². The van der Waals surface area contributed by atoms with Crippen molar-refractivity contribution in [1.29, 1.82) is 0 Å². The molecule has 5 heteroatoms. The second kappa shape index (κ2) is 3.20. The molecule has 0 aliphatic carbocycles. The molecule has 0 aromatic carbocycles. The molecule has 3 heterocycles. The molecule has 2 aliphatic rings. The van der Waals surface area contributed by atoms with Gasteiger partial charge in [0, 0.05) is 6.20 Å². The molecular weight excluding hydrogens is 194 g/mol. The van der Waals surface area contributed by atoms with Gasteiger partial charge in [0.15, 0.2) is 0 Å². The van der Waals surface area contributed by atoms with Crippen molar-refractivity contribution in [1.82, 2.24) is 4.98 Å². The van der Waals surface area contributed by atoms with Crippen LogP contribution in [0.1, 0.15) is 0 Å². The molecule has 1 fully saturated rings. The van der Waals surface area contributed by atoms with Crippen molar-refractivity contribution in [2.45, 2.75) is 6.04 Å². The van der Waals surface area contributed by atoms with Gasteiger partial charge in [0.2, 0.25) is 5.91 Å². The molecule has 0 bridgehead atoms. The molecule has 5 nitrogen and oxygen atoms in total. The van der Waals surface area contributed by atoms with Gasteiger partial charge in [0.25, 0.3) is 0 Å². The molecule has 0 radical (unpaired) electrons. The number of carbonyl (C=O) groups is 1. The van der Waals surface area contributed by atoms with Gasteiger partial charge in [-0.05, 0) is 12.1 Å². The molecule has 78 valence electrons. The number of carbonyl (C=O) groups excluding carboxylic acids is 1. The Hall–Kier alpha value is -1.62. The van der Waals surface area contributed by atoms with E-state index in [1.165, 1.54) is 0 Å². The van der Waals surface area contributed by atoms with E-state index in [0.29, 0.717) is 13.2 Å². The first kappa shape index (κ1) is 8.67. The monoisotopic (exact) mass is 205 g/mol. The third kappa shape index (κ3) is 1.35. The normalized spacial score (nSPS) is 28.4. The van der Waals surface area contributed by atoms with Crippen LogP contribution in [0.15, 0.2) is 18.3 Å². The van der Waals surface area contributed by atoms with E-state index < -0.39 is 0 Å². The van der Waals surface area contributed by atoms with Crippen molar-refractivity contribution in [3.05, 3.63) is 18.3 Å². The second-order valence-electron chi connectivity index (χ2n) is 3.78. The van der Waals surface area contributed by atoms with Crippen molar-refractivity contribution in [3.8, 4) is 0 Å². The third-order valence-electron chi connectivity index (χ3n) is 2.80. The van der Waals surface area contributed by atoms with Crippen LogP contribution >= 0.6 is 0 Å². The number of aromatic nitrogens is 1. The van der Waals surface area contributed by atoms with Crippen LogP contribution in [-0.4, -0.2) is 30.1 Å². The van der Waals surface area contributed by atoms with E-state index in [1.54, 1.807) is 12.3 Å². The number of hydrogen-bond acceptors (Lipinski definition) is 4. The Morgan fingerprint density at radius 1 is 1.47 bits per heavy atom. The molecule has 1 aromatic rings. The summed E-state index contributed by atoms with van der Waals surface area (Å²) in [4.78, 5) is 16.0. The molecule has 2 aliphatic heterocycles. The molecular formula is C10H11N3O2. The maximum Gasteiger partial charge on any atom is 0.232 e. The summed E-state index contributed by atoms with van der Waals surface area (Å²) in [5.41, 5.74) is 0.747. The van der Waals surface area contributed by atoms with E-state index in [2.05, 4.69) is 15.6 Å². The molecule has 1 aromatic heterocycles. The first-order valence-corrected chi connectivity index (χ1v) is 4.95. The fourth-order valence-electron chi connectivity index (χ4n) is 1.98. The average molecular weight is 205 g/mol. The number of ether oxygens (including phenoxy) is 1. The largest absolute Gasteiger partial charge is 0.378 e. The molecule has 0 spiro atoms. The van der Waals surface area contributed by atoms with Crippen LogP contribution in [0.2, 0.25) is 0 Å². The van der Waals surface area contributed by atoms with Crippen molar-refractivity contribution in [2.75, 3.05) is 23.8 Å². The Kier molecular flexibility index (Phi) is 1.85. The minimum atomic E-state index is -0.112. The van der Waals surface area contributed by atoms with E-state index in [-0.39, 0.29) is 17.9 Å². The summed E-state index contributed by atoms with van der Waals surface area (Å²) >= 11 is 0. The number of nitrogens with zero attached hydrogens (tertiary/aromatic N) is 1. The van der Waals surface area contributed by atoms with Crippen LogP contribution in [0.5, 0.6) is 0 Å². The van der Waals surface area contributed by atoms with E-state index in [1.807, 2.05) is 6.07 Å². The molecule has 2 N–H and O–H groups in total. The number of nitrogens with one attached hydrogen (secondary N) is 2. The molecule has 0 saturated carbocycles. The predicted octanol–water partition coefficient (Wildman–Crippen LogP) is 0.461. The minimum Gasteiger partial charge on any atom is -0.378 e. The Morgan fingerprint density at radius 3 is 3.33 bits per heavy atom. The summed E-state index contributed by atoms with van der Waals surface area (Å²) < 4.78 is 5.28. The Morgan fingerprint density at radius 2 is 2.40 bits per heavy atom. The zero-order valence-electron chi connectivity index (χ0n) is 8.06. The second-order valence-corrected chi connectivity index (χ2v) is 3.78. The predicted molar refractivity (Wildman–Crippen MR) is 54.6 cm³/mol. The third-order valence-corrected chi connectivity index (χ3v) is 2.80. The van der Waals surface area contributed by atoms with E-state index in [0.717, 1.165) is 11.5 Å².